The van der Waals surface area contributed by atoms with Crippen molar-refractivity contribution in [1.29, 1.82) is 0 Å². The number of halogens is 2. The minimum atomic E-state index is -0.875. The molecule has 1 atom stereocenters. The summed E-state index contributed by atoms with van der Waals surface area (Å²) in [5.74, 6) is -0.774. The monoisotopic (exact) mass is 300 g/mol. The smallest absolute Gasteiger partial charge is 0.197 e. The number of ether oxygens (including phenoxy) is 1. The Morgan fingerprint density at radius 2 is 2.24 bits per heavy atom. The van der Waals surface area contributed by atoms with E-state index in [0.717, 1.165) is 12.8 Å². The van der Waals surface area contributed by atoms with Crippen LogP contribution in [0.5, 0.6) is 0 Å². The van der Waals surface area contributed by atoms with Crippen molar-refractivity contribution in [3.05, 3.63) is 34.1 Å². The molecular formula is C13H14BrFO2. The van der Waals surface area contributed by atoms with Gasteiger partial charge in [0.2, 0.25) is 0 Å². The number of carbonyl (C=O) groups is 1. The molecule has 0 bridgehead atoms. The third kappa shape index (κ3) is 2.43. The molecule has 2 nitrogen and oxygen atoms in total. The van der Waals surface area contributed by atoms with Gasteiger partial charge in [-0.15, -0.1) is 0 Å². The number of ketones is 1. The molecule has 0 radical (unpaired) electrons. The Kier molecular flexibility index (Phi) is 3.64. The van der Waals surface area contributed by atoms with Gasteiger partial charge in [0.1, 0.15) is 11.4 Å². The first-order chi connectivity index (χ1) is 8.04. The highest BCUT2D eigenvalue weighted by Crippen LogP contribution is 2.30. The third-order valence-corrected chi connectivity index (χ3v) is 3.76. The van der Waals surface area contributed by atoms with Gasteiger partial charge in [0.15, 0.2) is 5.78 Å². The second-order valence-corrected chi connectivity index (χ2v) is 5.32. The Balaban J connectivity index is 2.33. The maximum absolute atomic E-state index is 13.9. The molecule has 4 heteroatoms. The van der Waals surface area contributed by atoms with Gasteiger partial charge in [-0.05, 0) is 54.2 Å². The molecule has 1 fully saturated rings. The van der Waals surface area contributed by atoms with Gasteiger partial charge in [-0.2, -0.15) is 0 Å². The zero-order valence-corrected chi connectivity index (χ0v) is 11.2. The van der Waals surface area contributed by atoms with Crippen LogP contribution in [0.15, 0.2) is 22.7 Å². The molecule has 1 aliphatic heterocycles. The average Bonchev–Trinajstić information content (AvgIpc) is 2.33. The van der Waals surface area contributed by atoms with Crippen LogP contribution in [0.2, 0.25) is 0 Å². The number of carbonyl (C=O) groups excluding carboxylic acids is 1. The van der Waals surface area contributed by atoms with Gasteiger partial charge in [-0.1, -0.05) is 6.07 Å². The number of rotatable bonds is 2. The first-order valence-electron chi connectivity index (χ1n) is 5.67. The fourth-order valence-corrected chi connectivity index (χ4v) is 2.44. The van der Waals surface area contributed by atoms with Crippen molar-refractivity contribution in [3.63, 3.8) is 0 Å². The van der Waals surface area contributed by atoms with Crippen molar-refractivity contribution in [3.8, 4) is 0 Å². The van der Waals surface area contributed by atoms with E-state index in [2.05, 4.69) is 15.9 Å². The molecule has 1 heterocycles. The summed E-state index contributed by atoms with van der Waals surface area (Å²) in [4.78, 5) is 12.3. The Hall–Kier alpha value is -0.740. The van der Waals surface area contributed by atoms with Crippen molar-refractivity contribution in [2.24, 2.45) is 0 Å². The molecular weight excluding hydrogens is 287 g/mol. The average molecular weight is 301 g/mol. The number of hydrogen-bond acceptors (Lipinski definition) is 2. The lowest BCUT2D eigenvalue weighted by atomic mass is 9.87. The van der Waals surface area contributed by atoms with E-state index in [1.807, 2.05) is 0 Å². The second-order valence-electron chi connectivity index (χ2n) is 4.47. The van der Waals surface area contributed by atoms with Crippen LogP contribution in [0.4, 0.5) is 4.39 Å². The van der Waals surface area contributed by atoms with E-state index in [-0.39, 0.29) is 11.3 Å². The molecule has 1 aromatic carbocycles. The SMILES string of the molecule is CC1(C(=O)c2cccc(Br)c2F)CCCCO1. The highest BCUT2D eigenvalue weighted by molar-refractivity contribution is 9.10. The van der Waals surface area contributed by atoms with Crippen molar-refractivity contribution < 1.29 is 13.9 Å². The van der Waals surface area contributed by atoms with Gasteiger partial charge in [-0.25, -0.2) is 4.39 Å². The maximum atomic E-state index is 13.9. The van der Waals surface area contributed by atoms with E-state index in [4.69, 9.17) is 4.74 Å². The third-order valence-electron chi connectivity index (χ3n) is 3.15. The summed E-state index contributed by atoms with van der Waals surface area (Å²) in [7, 11) is 0. The van der Waals surface area contributed by atoms with Crippen LogP contribution in [0.25, 0.3) is 0 Å². The van der Waals surface area contributed by atoms with E-state index >= 15 is 0 Å². The van der Waals surface area contributed by atoms with E-state index in [1.165, 1.54) is 6.07 Å². The molecule has 0 aromatic heterocycles. The summed E-state index contributed by atoms with van der Waals surface area (Å²) in [6.07, 6.45) is 2.56. The molecule has 1 saturated heterocycles. The van der Waals surface area contributed by atoms with Gasteiger partial charge in [0.25, 0.3) is 0 Å². The fourth-order valence-electron chi connectivity index (χ4n) is 2.08. The van der Waals surface area contributed by atoms with Gasteiger partial charge in [0, 0.05) is 6.61 Å². The Morgan fingerprint density at radius 1 is 1.47 bits per heavy atom. The van der Waals surface area contributed by atoms with Crippen LogP contribution >= 0.6 is 15.9 Å². The predicted octanol–water partition coefficient (Wildman–Crippen LogP) is 3.73. The lowest BCUT2D eigenvalue weighted by Crippen LogP contribution is -2.41. The number of hydrogen-bond donors (Lipinski definition) is 0. The molecule has 1 aromatic rings. The second kappa shape index (κ2) is 4.86. The summed E-state index contributed by atoms with van der Waals surface area (Å²) in [6, 6.07) is 4.74. The number of Topliss-reactive ketones (excluding diaryl/α,β-unsaturated/α-hetero) is 1. The van der Waals surface area contributed by atoms with Crippen molar-refractivity contribution in [2.45, 2.75) is 31.8 Å². The lowest BCUT2D eigenvalue weighted by molar-refractivity contribution is -0.0428. The van der Waals surface area contributed by atoms with Gasteiger partial charge < -0.3 is 4.74 Å². The normalized spacial score (nSPS) is 24.6. The van der Waals surface area contributed by atoms with Crippen LogP contribution < -0.4 is 0 Å². The molecule has 92 valence electrons. The Morgan fingerprint density at radius 3 is 2.88 bits per heavy atom. The largest absolute Gasteiger partial charge is 0.367 e. The molecule has 0 spiro atoms. The van der Waals surface area contributed by atoms with Gasteiger partial charge in [-0.3, -0.25) is 4.79 Å². The van der Waals surface area contributed by atoms with Crippen LogP contribution in [-0.4, -0.2) is 18.0 Å². The van der Waals surface area contributed by atoms with Crippen LogP contribution in [0.1, 0.15) is 36.5 Å². The van der Waals surface area contributed by atoms with Crippen molar-refractivity contribution >= 4 is 21.7 Å². The van der Waals surface area contributed by atoms with Crippen LogP contribution in [0, 0.1) is 5.82 Å². The predicted molar refractivity (Wildman–Crippen MR) is 66.6 cm³/mol. The van der Waals surface area contributed by atoms with E-state index in [1.54, 1.807) is 19.1 Å². The molecule has 0 aliphatic carbocycles. The zero-order chi connectivity index (χ0) is 12.5. The zero-order valence-electron chi connectivity index (χ0n) is 9.63. The summed E-state index contributed by atoms with van der Waals surface area (Å²) in [5, 5.41) is 0. The fraction of sp³-hybridized carbons (Fsp3) is 0.462. The maximum Gasteiger partial charge on any atom is 0.197 e. The van der Waals surface area contributed by atoms with E-state index < -0.39 is 11.4 Å². The van der Waals surface area contributed by atoms with E-state index in [9.17, 15) is 9.18 Å². The Bertz CT molecular complexity index is 439. The van der Waals surface area contributed by atoms with E-state index in [0.29, 0.717) is 17.5 Å². The standard InChI is InChI=1S/C13H14BrFO2/c1-13(7-2-3-8-17-13)12(16)9-5-4-6-10(14)11(9)15/h4-6H,2-3,7-8H2,1H3. The van der Waals surface area contributed by atoms with Gasteiger partial charge >= 0.3 is 0 Å². The minimum Gasteiger partial charge on any atom is -0.367 e. The first kappa shape index (κ1) is 12.7. The molecule has 17 heavy (non-hydrogen) atoms. The quantitative estimate of drug-likeness (QED) is 0.778. The minimum absolute atomic E-state index is 0.101. The van der Waals surface area contributed by atoms with Gasteiger partial charge in [0.05, 0.1) is 10.0 Å². The molecule has 0 N–H and O–H groups in total. The first-order valence-corrected chi connectivity index (χ1v) is 6.47. The molecule has 0 saturated carbocycles. The molecule has 2 rings (SSSR count). The van der Waals surface area contributed by atoms with Crippen molar-refractivity contribution in [1.82, 2.24) is 0 Å². The highest BCUT2D eigenvalue weighted by Gasteiger charge is 2.37. The number of benzene rings is 1. The summed E-state index contributed by atoms with van der Waals surface area (Å²) >= 11 is 3.09. The van der Waals surface area contributed by atoms with Crippen molar-refractivity contribution in [2.75, 3.05) is 6.61 Å². The highest BCUT2D eigenvalue weighted by atomic mass is 79.9. The topological polar surface area (TPSA) is 26.3 Å². The summed E-state index contributed by atoms with van der Waals surface area (Å²) < 4.78 is 19.7. The lowest BCUT2D eigenvalue weighted by Gasteiger charge is -2.32. The van der Waals surface area contributed by atoms with Crippen LogP contribution in [0.3, 0.4) is 0 Å². The Labute approximate surface area is 108 Å². The molecule has 1 unspecified atom stereocenters. The van der Waals surface area contributed by atoms with Crippen LogP contribution in [-0.2, 0) is 4.74 Å². The molecule has 0 amide bonds. The molecule has 1 aliphatic rings. The summed E-state index contributed by atoms with van der Waals surface area (Å²) in [5.41, 5.74) is -0.774. The summed E-state index contributed by atoms with van der Waals surface area (Å²) in [6.45, 7) is 2.31.